The Kier molecular flexibility index (Phi) is 7.77. The number of likely N-dealkylation sites (N-methyl/N-ethyl adjacent to an activating group) is 1. The van der Waals surface area contributed by atoms with E-state index >= 15 is 0 Å². The molecular weight excluding hydrogens is 216 g/mol. The molecule has 1 fully saturated rings. The van der Waals surface area contributed by atoms with E-state index in [9.17, 15) is 0 Å². The highest BCUT2D eigenvalue weighted by Crippen LogP contribution is 2.13. The predicted octanol–water partition coefficient (Wildman–Crippen LogP) is 0.848. The first-order valence-corrected chi connectivity index (χ1v) is 6.98. The van der Waals surface area contributed by atoms with Crippen molar-refractivity contribution in [2.24, 2.45) is 0 Å². The van der Waals surface area contributed by atoms with E-state index in [1.165, 1.54) is 12.8 Å². The molecule has 0 radical (unpaired) electrons. The lowest BCUT2D eigenvalue weighted by Gasteiger charge is -2.34. The minimum Gasteiger partial charge on any atom is -0.396 e. The van der Waals surface area contributed by atoms with Gasteiger partial charge in [0.1, 0.15) is 0 Å². The molecule has 17 heavy (non-hydrogen) atoms. The Hall–Kier alpha value is -0.160. The Morgan fingerprint density at radius 3 is 2.94 bits per heavy atom. The molecule has 0 aromatic carbocycles. The molecule has 2 unspecified atom stereocenters. The minimum absolute atomic E-state index is 0.264. The summed E-state index contributed by atoms with van der Waals surface area (Å²) in [5.74, 6) is 0. The second-order valence-electron chi connectivity index (χ2n) is 4.75. The van der Waals surface area contributed by atoms with Gasteiger partial charge in [0.05, 0.1) is 6.10 Å². The van der Waals surface area contributed by atoms with Crippen LogP contribution in [0, 0.1) is 0 Å². The molecule has 2 atom stereocenters. The maximum atomic E-state index is 9.05. The number of nitrogens with zero attached hydrogens (tertiary/aromatic N) is 1. The van der Waals surface area contributed by atoms with Crippen LogP contribution in [0.25, 0.3) is 0 Å². The highest BCUT2D eigenvalue weighted by Gasteiger charge is 2.21. The third-order valence-corrected chi connectivity index (χ3v) is 3.31. The summed E-state index contributed by atoms with van der Waals surface area (Å²) in [5, 5.41) is 12.5. The van der Waals surface area contributed by atoms with Gasteiger partial charge < -0.3 is 15.2 Å². The number of aliphatic hydroxyl groups is 1. The first-order valence-electron chi connectivity index (χ1n) is 6.98. The molecule has 1 saturated heterocycles. The zero-order valence-electron chi connectivity index (χ0n) is 11.3. The maximum Gasteiger partial charge on any atom is 0.0702 e. The molecule has 4 heteroatoms. The Morgan fingerprint density at radius 2 is 2.29 bits per heavy atom. The van der Waals surface area contributed by atoms with Gasteiger partial charge in [-0.05, 0) is 39.3 Å². The summed E-state index contributed by atoms with van der Waals surface area (Å²) in [6.07, 6.45) is 3.66. The van der Waals surface area contributed by atoms with E-state index in [0.717, 1.165) is 39.2 Å². The van der Waals surface area contributed by atoms with E-state index in [1.54, 1.807) is 0 Å². The molecule has 102 valence electrons. The lowest BCUT2D eigenvalue weighted by Crippen LogP contribution is -2.47. The van der Waals surface area contributed by atoms with Gasteiger partial charge in [-0.1, -0.05) is 6.92 Å². The third-order valence-electron chi connectivity index (χ3n) is 3.31. The molecule has 0 saturated carbocycles. The van der Waals surface area contributed by atoms with Gasteiger partial charge in [-0.25, -0.2) is 0 Å². The predicted molar refractivity (Wildman–Crippen MR) is 70.3 cm³/mol. The summed E-state index contributed by atoms with van der Waals surface area (Å²) in [7, 11) is 0. The molecule has 1 heterocycles. The summed E-state index contributed by atoms with van der Waals surface area (Å²) < 4.78 is 5.70. The summed E-state index contributed by atoms with van der Waals surface area (Å²) in [6.45, 7) is 9.45. The maximum absolute atomic E-state index is 9.05. The van der Waals surface area contributed by atoms with Crippen LogP contribution in [0.5, 0.6) is 0 Å². The van der Waals surface area contributed by atoms with Crippen LogP contribution in [0.2, 0.25) is 0 Å². The standard InChI is InChI=1S/C13H28N2O2/c1-3-14-12(7-9-16)10-15-8-5-6-13(11-15)17-4-2/h12-14,16H,3-11H2,1-2H3. The lowest BCUT2D eigenvalue weighted by atomic mass is 10.1. The van der Waals surface area contributed by atoms with Crippen molar-refractivity contribution in [1.82, 2.24) is 10.2 Å². The molecular formula is C13H28N2O2. The highest BCUT2D eigenvalue weighted by molar-refractivity contribution is 4.78. The van der Waals surface area contributed by atoms with Crippen molar-refractivity contribution in [3.05, 3.63) is 0 Å². The van der Waals surface area contributed by atoms with Gasteiger partial charge in [0.15, 0.2) is 0 Å². The molecule has 0 bridgehead atoms. The van der Waals surface area contributed by atoms with Crippen LogP contribution < -0.4 is 5.32 Å². The molecule has 4 nitrogen and oxygen atoms in total. The summed E-state index contributed by atoms with van der Waals surface area (Å²) in [5.41, 5.74) is 0. The second kappa shape index (κ2) is 8.86. The molecule has 1 aliphatic heterocycles. The fraction of sp³-hybridized carbons (Fsp3) is 1.00. The first kappa shape index (κ1) is 14.9. The van der Waals surface area contributed by atoms with Crippen molar-refractivity contribution in [3.63, 3.8) is 0 Å². The van der Waals surface area contributed by atoms with Crippen LogP contribution in [0.15, 0.2) is 0 Å². The lowest BCUT2D eigenvalue weighted by molar-refractivity contribution is 0.00297. The van der Waals surface area contributed by atoms with Crippen molar-refractivity contribution in [2.45, 2.75) is 45.3 Å². The fourth-order valence-electron chi connectivity index (χ4n) is 2.56. The van der Waals surface area contributed by atoms with E-state index in [0.29, 0.717) is 12.1 Å². The normalized spacial score (nSPS) is 23.8. The summed E-state index contributed by atoms with van der Waals surface area (Å²) in [4.78, 5) is 2.47. The van der Waals surface area contributed by atoms with Crippen molar-refractivity contribution in [2.75, 3.05) is 39.4 Å². The van der Waals surface area contributed by atoms with Crippen LogP contribution in [-0.4, -0.2) is 61.5 Å². The zero-order valence-corrected chi connectivity index (χ0v) is 11.3. The molecule has 1 rings (SSSR count). The smallest absolute Gasteiger partial charge is 0.0702 e. The third kappa shape index (κ3) is 5.82. The van der Waals surface area contributed by atoms with Crippen LogP contribution in [0.1, 0.15) is 33.1 Å². The Labute approximate surface area is 105 Å². The van der Waals surface area contributed by atoms with Crippen LogP contribution >= 0.6 is 0 Å². The molecule has 0 aromatic heterocycles. The quantitative estimate of drug-likeness (QED) is 0.664. The Balaban J connectivity index is 2.32. The average Bonchev–Trinajstić information content (AvgIpc) is 2.30. The fourth-order valence-corrected chi connectivity index (χ4v) is 2.56. The van der Waals surface area contributed by atoms with Gasteiger partial charge in [-0.15, -0.1) is 0 Å². The SMILES string of the molecule is CCNC(CCO)CN1CCCC(OCC)C1. The Morgan fingerprint density at radius 1 is 1.47 bits per heavy atom. The number of nitrogens with one attached hydrogen (secondary N) is 1. The van der Waals surface area contributed by atoms with Gasteiger partial charge in [0.2, 0.25) is 0 Å². The van der Waals surface area contributed by atoms with E-state index in [2.05, 4.69) is 24.1 Å². The number of hydrogen-bond acceptors (Lipinski definition) is 4. The summed E-state index contributed by atoms with van der Waals surface area (Å²) >= 11 is 0. The Bertz CT molecular complexity index is 182. The van der Waals surface area contributed by atoms with Crippen molar-refractivity contribution >= 4 is 0 Å². The van der Waals surface area contributed by atoms with Crippen molar-refractivity contribution in [3.8, 4) is 0 Å². The molecule has 0 spiro atoms. The van der Waals surface area contributed by atoms with Crippen LogP contribution in [-0.2, 0) is 4.74 Å². The average molecular weight is 244 g/mol. The highest BCUT2D eigenvalue weighted by atomic mass is 16.5. The van der Waals surface area contributed by atoms with E-state index in [1.807, 2.05) is 0 Å². The van der Waals surface area contributed by atoms with Gasteiger partial charge in [-0.3, -0.25) is 4.90 Å². The number of likely N-dealkylation sites (tertiary alicyclic amines) is 1. The van der Waals surface area contributed by atoms with E-state index in [4.69, 9.17) is 9.84 Å². The molecule has 0 aliphatic carbocycles. The molecule has 1 aliphatic rings. The van der Waals surface area contributed by atoms with Crippen molar-refractivity contribution < 1.29 is 9.84 Å². The second-order valence-corrected chi connectivity index (χ2v) is 4.75. The zero-order chi connectivity index (χ0) is 12.5. The number of aliphatic hydroxyl groups excluding tert-OH is 1. The van der Waals surface area contributed by atoms with Gasteiger partial charge in [0, 0.05) is 32.3 Å². The number of ether oxygens (including phenoxy) is 1. The van der Waals surface area contributed by atoms with E-state index in [-0.39, 0.29) is 6.61 Å². The summed E-state index contributed by atoms with van der Waals surface area (Å²) in [6, 6.07) is 0.408. The van der Waals surface area contributed by atoms with Crippen LogP contribution in [0.4, 0.5) is 0 Å². The minimum atomic E-state index is 0.264. The largest absolute Gasteiger partial charge is 0.396 e. The number of hydrogen-bond donors (Lipinski definition) is 2. The molecule has 2 N–H and O–H groups in total. The monoisotopic (exact) mass is 244 g/mol. The molecule has 0 amide bonds. The van der Waals surface area contributed by atoms with Crippen LogP contribution in [0.3, 0.4) is 0 Å². The van der Waals surface area contributed by atoms with E-state index < -0.39 is 0 Å². The number of rotatable bonds is 8. The van der Waals surface area contributed by atoms with Gasteiger partial charge >= 0.3 is 0 Å². The van der Waals surface area contributed by atoms with Crippen molar-refractivity contribution in [1.29, 1.82) is 0 Å². The topological polar surface area (TPSA) is 44.7 Å². The van der Waals surface area contributed by atoms with Gasteiger partial charge in [0.25, 0.3) is 0 Å². The first-order chi connectivity index (χ1) is 8.30. The van der Waals surface area contributed by atoms with Gasteiger partial charge in [-0.2, -0.15) is 0 Å². The molecule has 0 aromatic rings. The number of piperidine rings is 1.